The predicted molar refractivity (Wildman–Crippen MR) is 138 cm³/mol. The summed E-state index contributed by atoms with van der Waals surface area (Å²) in [4.78, 5) is 38.9. The number of rotatable bonds is 4. The molecule has 2 heterocycles. The van der Waals surface area contributed by atoms with Crippen molar-refractivity contribution in [2.45, 2.75) is 71.3 Å². The van der Waals surface area contributed by atoms with Crippen molar-refractivity contribution in [3.8, 4) is 0 Å². The van der Waals surface area contributed by atoms with Crippen molar-refractivity contribution in [3.63, 3.8) is 0 Å². The molecule has 3 atom stereocenters. The molecule has 4 N–H and O–H groups in total. The maximum atomic E-state index is 13.3. The molecular formula is C28H43N3O4. The first kappa shape index (κ1) is 28.6. The highest BCUT2D eigenvalue weighted by Crippen LogP contribution is 2.35. The molecule has 1 fully saturated rings. The quantitative estimate of drug-likeness (QED) is 0.492. The molecule has 0 radical (unpaired) electrons. The van der Waals surface area contributed by atoms with Gasteiger partial charge in [0.15, 0.2) is 0 Å². The predicted octanol–water partition coefficient (Wildman–Crippen LogP) is 3.13. The van der Waals surface area contributed by atoms with Crippen LogP contribution in [0.2, 0.25) is 0 Å². The van der Waals surface area contributed by atoms with E-state index in [1.54, 1.807) is 0 Å². The second-order valence-corrected chi connectivity index (χ2v) is 10.0. The van der Waals surface area contributed by atoms with Gasteiger partial charge >= 0.3 is 0 Å². The van der Waals surface area contributed by atoms with E-state index in [4.69, 9.17) is 5.11 Å². The smallest absolute Gasteiger partial charge is 0.242 e. The standard InChI is InChI=1S/C27H39N3O3.CH4O/c1-20(2)18-23-25(32)28-16-14-27(15-17-29-26(27)33)13-9-4-3-8-12-22(24(31)30-23)19-21-10-6-5-7-11-21;1-2/h4-7,9-11,20,22-23H,3,8,12-19H2,1-2H3,(H,28,32)(H,29,33)(H,30,31);2H,1H3/b9-4+;. The molecule has 7 heteroatoms. The Morgan fingerprint density at radius 1 is 0.971 bits per heavy atom. The Balaban J connectivity index is 0.00000210. The molecule has 3 unspecified atom stereocenters. The number of nitrogens with one attached hydrogen (secondary N) is 3. The number of hydrogen-bond donors (Lipinski definition) is 4. The fraction of sp³-hybridized carbons (Fsp3) is 0.607. The summed E-state index contributed by atoms with van der Waals surface area (Å²) in [6.07, 6.45) is 10.1. The SMILES string of the molecule is CC(C)CC1NC(=O)C(Cc2ccccc2)CCC/C=C/CC2(CCNC1=O)CCNC2=O.CO. The largest absolute Gasteiger partial charge is 0.400 e. The first-order chi connectivity index (χ1) is 16.9. The highest BCUT2D eigenvalue weighted by atomic mass is 16.2. The summed E-state index contributed by atoms with van der Waals surface area (Å²) >= 11 is 0. The van der Waals surface area contributed by atoms with E-state index in [9.17, 15) is 14.4 Å². The van der Waals surface area contributed by atoms with Gasteiger partial charge in [-0.1, -0.05) is 56.3 Å². The number of hydrogen-bond acceptors (Lipinski definition) is 4. The molecule has 0 aliphatic carbocycles. The van der Waals surface area contributed by atoms with Gasteiger partial charge in [-0.05, 0) is 62.8 Å². The highest BCUT2D eigenvalue weighted by molar-refractivity contribution is 5.89. The van der Waals surface area contributed by atoms with Crippen molar-refractivity contribution in [1.82, 2.24) is 16.0 Å². The molecule has 1 aromatic carbocycles. The molecule has 0 saturated carbocycles. The van der Waals surface area contributed by atoms with Gasteiger partial charge in [-0.15, -0.1) is 0 Å². The lowest BCUT2D eigenvalue weighted by Crippen LogP contribution is -2.50. The molecule has 3 amide bonds. The Bertz CT molecular complexity index is 840. The summed E-state index contributed by atoms with van der Waals surface area (Å²) in [6.45, 7) is 5.23. The Hall–Kier alpha value is -2.67. The molecule has 0 bridgehead atoms. The van der Waals surface area contributed by atoms with Crippen LogP contribution in [0.5, 0.6) is 0 Å². The number of aliphatic hydroxyl groups is 1. The molecule has 7 nitrogen and oxygen atoms in total. The van der Waals surface area contributed by atoms with Gasteiger partial charge in [-0.3, -0.25) is 14.4 Å². The lowest BCUT2D eigenvalue weighted by Gasteiger charge is -2.26. The fourth-order valence-corrected chi connectivity index (χ4v) is 4.93. The number of amides is 3. The van der Waals surface area contributed by atoms with Crippen LogP contribution < -0.4 is 16.0 Å². The number of carbonyl (C=O) groups excluding carboxylic acids is 3. The highest BCUT2D eigenvalue weighted by Gasteiger charge is 2.41. The number of allylic oxidation sites excluding steroid dienone is 2. The van der Waals surface area contributed by atoms with E-state index in [-0.39, 0.29) is 29.6 Å². The Morgan fingerprint density at radius 2 is 1.66 bits per heavy atom. The molecule has 1 saturated heterocycles. The van der Waals surface area contributed by atoms with Gasteiger partial charge in [-0.2, -0.15) is 0 Å². The molecule has 0 aromatic heterocycles. The Labute approximate surface area is 210 Å². The minimum absolute atomic E-state index is 0.0508. The van der Waals surface area contributed by atoms with Crippen molar-refractivity contribution in [3.05, 3.63) is 48.0 Å². The first-order valence-corrected chi connectivity index (χ1v) is 12.9. The molecule has 1 aromatic rings. The van der Waals surface area contributed by atoms with E-state index < -0.39 is 11.5 Å². The summed E-state index contributed by atoms with van der Waals surface area (Å²) in [5.74, 6) is -0.0347. The zero-order valence-electron chi connectivity index (χ0n) is 21.5. The van der Waals surface area contributed by atoms with Crippen LogP contribution in [0.1, 0.15) is 64.4 Å². The van der Waals surface area contributed by atoms with Crippen molar-refractivity contribution < 1.29 is 19.5 Å². The van der Waals surface area contributed by atoms with Gasteiger partial charge in [0, 0.05) is 26.1 Å². The van der Waals surface area contributed by atoms with Crippen molar-refractivity contribution in [1.29, 1.82) is 0 Å². The number of carbonyl (C=O) groups is 3. The van der Waals surface area contributed by atoms with Crippen molar-refractivity contribution >= 4 is 17.7 Å². The van der Waals surface area contributed by atoms with Gasteiger partial charge in [0.1, 0.15) is 6.04 Å². The molecular weight excluding hydrogens is 442 g/mol. The molecule has 35 heavy (non-hydrogen) atoms. The van der Waals surface area contributed by atoms with Crippen LogP contribution >= 0.6 is 0 Å². The van der Waals surface area contributed by atoms with Crippen molar-refractivity contribution in [2.24, 2.45) is 17.3 Å². The van der Waals surface area contributed by atoms with E-state index in [0.29, 0.717) is 38.8 Å². The number of aliphatic hydroxyl groups excluding tert-OH is 1. The summed E-state index contributed by atoms with van der Waals surface area (Å²) in [5.41, 5.74) is 0.682. The maximum absolute atomic E-state index is 13.3. The van der Waals surface area contributed by atoms with Crippen LogP contribution in [0.15, 0.2) is 42.5 Å². The number of benzene rings is 1. The normalized spacial score (nSPS) is 27.1. The zero-order chi connectivity index (χ0) is 25.7. The van der Waals surface area contributed by atoms with E-state index >= 15 is 0 Å². The van der Waals surface area contributed by atoms with Crippen LogP contribution in [0, 0.1) is 17.3 Å². The van der Waals surface area contributed by atoms with Crippen LogP contribution in [0.25, 0.3) is 0 Å². The summed E-state index contributed by atoms with van der Waals surface area (Å²) in [7, 11) is 1.00. The minimum atomic E-state index is -0.563. The van der Waals surface area contributed by atoms with Crippen LogP contribution in [0.3, 0.4) is 0 Å². The molecule has 3 rings (SSSR count). The fourth-order valence-electron chi connectivity index (χ4n) is 4.93. The van der Waals surface area contributed by atoms with Crippen LogP contribution in [0.4, 0.5) is 0 Å². The summed E-state index contributed by atoms with van der Waals surface area (Å²) < 4.78 is 0. The molecule has 2 aliphatic rings. The molecule has 2 aliphatic heterocycles. The average molecular weight is 486 g/mol. The maximum Gasteiger partial charge on any atom is 0.242 e. The van der Waals surface area contributed by atoms with Gasteiger partial charge in [-0.25, -0.2) is 0 Å². The molecule has 194 valence electrons. The second kappa shape index (κ2) is 14.7. The van der Waals surface area contributed by atoms with Gasteiger partial charge in [0.25, 0.3) is 0 Å². The topological polar surface area (TPSA) is 108 Å². The lowest BCUT2D eigenvalue weighted by molar-refractivity contribution is -0.132. The third-order valence-electron chi connectivity index (χ3n) is 6.91. The average Bonchev–Trinajstić information content (AvgIpc) is 3.20. The summed E-state index contributed by atoms with van der Waals surface area (Å²) in [6, 6.07) is 9.50. The van der Waals surface area contributed by atoms with Crippen LogP contribution in [-0.4, -0.2) is 49.1 Å². The van der Waals surface area contributed by atoms with E-state index in [2.05, 4.69) is 41.9 Å². The van der Waals surface area contributed by atoms with E-state index in [1.807, 2.05) is 30.3 Å². The minimum Gasteiger partial charge on any atom is -0.400 e. The third kappa shape index (κ3) is 8.80. The Kier molecular flexibility index (Phi) is 12.0. The van der Waals surface area contributed by atoms with Gasteiger partial charge in [0.05, 0.1) is 5.41 Å². The second-order valence-electron chi connectivity index (χ2n) is 10.0. The summed E-state index contributed by atoms with van der Waals surface area (Å²) in [5, 5.41) is 16.0. The van der Waals surface area contributed by atoms with Crippen LogP contribution in [-0.2, 0) is 20.8 Å². The Morgan fingerprint density at radius 3 is 2.31 bits per heavy atom. The third-order valence-corrected chi connectivity index (χ3v) is 6.91. The van der Waals surface area contributed by atoms with Gasteiger partial charge in [0.2, 0.25) is 17.7 Å². The monoisotopic (exact) mass is 485 g/mol. The zero-order valence-corrected chi connectivity index (χ0v) is 21.5. The van der Waals surface area contributed by atoms with E-state index in [1.165, 1.54) is 0 Å². The molecule has 1 spiro atoms. The van der Waals surface area contributed by atoms with E-state index in [0.717, 1.165) is 38.4 Å². The lowest BCUT2D eigenvalue weighted by atomic mass is 9.79. The van der Waals surface area contributed by atoms with Gasteiger partial charge < -0.3 is 21.1 Å². The first-order valence-electron chi connectivity index (χ1n) is 12.9. The van der Waals surface area contributed by atoms with Crippen molar-refractivity contribution in [2.75, 3.05) is 20.2 Å².